The summed E-state index contributed by atoms with van der Waals surface area (Å²) in [5, 5.41) is 0.767. The van der Waals surface area contributed by atoms with Gasteiger partial charge in [-0.1, -0.05) is 61.4 Å². The molecule has 2 aliphatic rings. The third-order valence-corrected chi connectivity index (χ3v) is 6.89. The van der Waals surface area contributed by atoms with Gasteiger partial charge in [0.2, 0.25) is 0 Å². The molecule has 0 spiro atoms. The Morgan fingerprint density at radius 2 is 1.79 bits per heavy atom. The van der Waals surface area contributed by atoms with Crippen LogP contribution in [0.4, 0.5) is 4.79 Å². The summed E-state index contributed by atoms with van der Waals surface area (Å²) >= 11 is 6.39. The molecular weight excluding hydrogens is 504 g/mol. The number of carbonyl (C=O) groups is 1. The summed E-state index contributed by atoms with van der Waals surface area (Å²) in [5.74, 6) is 0.874. The van der Waals surface area contributed by atoms with Crippen molar-refractivity contribution >= 4 is 23.8 Å². The van der Waals surface area contributed by atoms with Crippen LogP contribution in [0.25, 0.3) is 6.08 Å². The van der Waals surface area contributed by atoms with Crippen molar-refractivity contribution in [2.75, 3.05) is 13.1 Å². The summed E-state index contributed by atoms with van der Waals surface area (Å²) in [5.41, 5.74) is 10.5. The lowest BCUT2D eigenvalue weighted by molar-refractivity contribution is 0.0173. The molecule has 0 bridgehead atoms. The molecule has 216 valence electrons. The lowest BCUT2D eigenvalue weighted by Crippen LogP contribution is -2.42. The Bertz CT molecular complexity index is 1020. The minimum Gasteiger partial charge on any atom is -0.444 e. The van der Waals surface area contributed by atoms with Gasteiger partial charge in [0.05, 0.1) is 0 Å². The zero-order chi connectivity index (χ0) is 29.4. The lowest BCUT2D eigenvalue weighted by atomic mass is 9.76. The number of nitrogens with zero attached hydrogens (tertiary/aromatic N) is 1. The normalized spacial score (nSPS) is 18.9. The predicted molar refractivity (Wildman–Crippen MR) is 170 cm³/mol. The minimum atomic E-state index is -0.467. The molecule has 1 aromatic carbocycles. The quantitative estimate of drug-likeness (QED) is 0.377. The molecule has 3 rings (SSSR count). The van der Waals surface area contributed by atoms with Crippen LogP contribution < -0.4 is 5.73 Å². The van der Waals surface area contributed by atoms with Crippen LogP contribution in [-0.4, -0.2) is 29.7 Å². The van der Waals surface area contributed by atoms with E-state index in [1.165, 1.54) is 22.3 Å². The number of carbonyl (C=O) groups excluding carboxylic acids is 1. The second-order valence-corrected chi connectivity index (χ2v) is 11.4. The zero-order valence-electron chi connectivity index (χ0n) is 25.3. The van der Waals surface area contributed by atoms with Gasteiger partial charge in [0.15, 0.2) is 0 Å². The van der Waals surface area contributed by atoms with Crippen LogP contribution in [0.2, 0.25) is 5.02 Å². The first kappa shape index (κ1) is 34.3. The fraction of sp³-hybridized carbons (Fsp3) is 0.500. The van der Waals surface area contributed by atoms with E-state index in [-0.39, 0.29) is 6.09 Å². The van der Waals surface area contributed by atoms with Crippen LogP contribution in [0.5, 0.6) is 0 Å². The Kier molecular flexibility index (Phi) is 15.6. The van der Waals surface area contributed by atoms with E-state index in [1.54, 1.807) is 12.3 Å². The zero-order valence-corrected chi connectivity index (χ0v) is 26.1. The summed E-state index contributed by atoms with van der Waals surface area (Å²) in [7, 11) is 0. The third kappa shape index (κ3) is 11.9. The molecule has 1 heterocycles. The number of likely N-dealkylation sites (tertiary alicyclic amines) is 1. The molecule has 1 fully saturated rings. The van der Waals surface area contributed by atoms with Crippen LogP contribution >= 0.6 is 11.6 Å². The van der Waals surface area contributed by atoms with E-state index in [2.05, 4.69) is 37.8 Å². The molecular formula is C34H51ClN2O2. The molecule has 4 nitrogen and oxygen atoms in total. The molecule has 1 amide bonds. The highest BCUT2D eigenvalue weighted by atomic mass is 35.5. The number of allylic oxidation sites excluding steroid dienone is 7. The van der Waals surface area contributed by atoms with Crippen molar-refractivity contribution in [1.29, 1.82) is 0 Å². The lowest BCUT2D eigenvalue weighted by Gasteiger charge is -2.37. The van der Waals surface area contributed by atoms with Crippen molar-refractivity contribution in [2.45, 2.75) is 92.1 Å². The number of fused-ring (bicyclic) bond motifs is 1. The molecule has 1 aliphatic carbocycles. The highest BCUT2D eigenvalue weighted by Crippen LogP contribution is 2.44. The van der Waals surface area contributed by atoms with Crippen LogP contribution in [0, 0.1) is 5.92 Å². The topological polar surface area (TPSA) is 55.6 Å². The van der Waals surface area contributed by atoms with Gasteiger partial charge in [-0.3, -0.25) is 0 Å². The van der Waals surface area contributed by atoms with Crippen molar-refractivity contribution in [3.63, 3.8) is 0 Å². The maximum Gasteiger partial charge on any atom is 0.410 e. The first-order valence-corrected chi connectivity index (χ1v) is 14.6. The minimum absolute atomic E-state index is 0.204. The number of hydrogen-bond acceptors (Lipinski definition) is 3. The largest absolute Gasteiger partial charge is 0.444 e. The monoisotopic (exact) mass is 554 g/mol. The van der Waals surface area contributed by atoms with E-state index in [0.29, 0.717) is 11.8 Å². The van der Waals surface area contributed by atoms with Gasteiger partial charge >= 0.3 is 6.09 Å². The number of amides is 1. The Morgan fingerprint density at radius 3 is 2.31 bits per heavy atom. The molecule has 1 saturated heterocycles. The van der Waals surface area contributed by atoms with Gasteiger partial charge in [0.1, 0.15) is 5.60 Å². The number of nitrogens with two attached hydrogens (primary N) is 1. The van der Waals surface area contributed by atoms with Gasteiger partial charge in [-0.25, -0.2) is 4.79 Å². The number of benzene rings is 1. The SMILES string of the molecule is C/C=C\C.C=CC.CCCC1=Cc2cc(Cl)ccc2C(C2CCN(C(=O)OC(C)(C)C)CC2)C/C1=C\C=C/N. The second-order valence-electron chi connectivity index (χ2n) is 11.0. The van der Waals surface area contributed by atoms with Crippen LogP contribution in [-0.2, 0) is 4.74 Å². The Balaban J connectivity index is 0.000000975. The van der Waals surface area contributed by atoms with E-state index >= 15 is 0 Å². The standard InChI is InChI=1S/C27H37ClN2O2.C4H8.C3H6/c1-5-7-20-16-22-17-23(28)9-10-24(22)25(18-21(20)8-6-13-29)19-11-14-30(15-12-19)26(31)32-27(2,3)4;1-3-4-2;1-3-2/h6,8-10,13,16-17,19,25H,5,7,11-12,14-15,18,29H2,1-4H3;3-4H,1-2H3;3H,1H2,2H3/b13-6-,21-8+;4-3-;. The van der Waals surface area contributed by atoms with E-state index in [0.717, 1.165) is 50.2 Å². The highest BCUT2D eigenvalue weighted by Gasteiger charge is 2.33. The highest BCUT2D eigenvalue weighted by molar-refractivity contribution is 6.30. The maximum absolute atomic E-state index is 12.5. The predicted octanol–water partition coefficient (Wildman–Crippen LogP) is 9.83. The molecule has 2 N–H and O–H groups in total. The van der Waals surface area contributed by atoms with Crippen molar-refractivity contribution in [2.24, 2.45) is 11.7 Å². The molecule has 1 aromatic rings. The van der Waals surface area contributed by atoms with E-state index in [9.17, 15) is 4.79 Å². The second kappa shape index (κ2) is 17.8. The summed E-state index contributed by atoms with van der Waals surface area (Å²) in [6.45, 7) is 18.7. The van der Waals surface area contributed by atoms with Gasteiger partial charge in [0.25, 0.3) is 0 Å². The van der Waals surface area contributed by atoms with Gasteiger partial charge in [-0.15, -0.1) is 6.58 Å². The van der Waals surface area contributed by atoms with Gasteiger partial charge < -0.3 is 15.4 Å². The fourth-order valence-electron chi connectivity index (χ4n) is 4.85. The Morgan fingerprint density at radius 1 is 1.18 bits per heavy atom. The summed E-state index contributed by atoms with van der Waals surface area (Å²) in [4.78, 5) is 14.4. The molecule has 1 unspecified atom stereocenters. The average Bonchev–Trinajstić information content (AvgIpc) is 3.03. The van der Waals surface area contributed by atoms with Gasteiger partial charge in [-0.2, -0.15) is 0 Å². The van der Waals surface area contributed by atoms with Crippen LogP contribution in [0.1, 0.15) is 97.6 Å². The Hall–Kier alpha value is -2.72. The van der Waals surface area contributed by atoms with Crippen molar-refractivity contribution in [1.82, 2.24) is 4.90 Å². The van der Waals surface area contributed by atoms with Crippen molar-refractivity contribution in [3.05, 3.63) is 88.7 Å². The molecule has 1 atom stereocenters. The third-order valence-electron chi connectivity index (χ3n) is 6.65. The van der Waals surface area contributed by atoms with E-state index in [4.69, 9.17) is 22.1 Å². The number of rotatable bonds is 4. The Labute approximate surface area is 243 Å². The maximum atomic E-state index is 12.5. The molecule has 5 heteroatoms. The number of ether oxygens (including phenoxy) is 1. The van der Waals surface area contributed by atoms with E-state index in [1.807, 2.05) is 70.7 Å². The van der Waals surface area contributed by atoms with Crippen molar-refractivity contribution in [3.8, 4) is 0 Å². The fourth-order valence-corrected chi connectivity index (χ4v) is 5.03. The van der Waals surface area contributed by atoms with E-state index < -0.39 is 5.60 Å². The summed E-state index contributed by atoms with van der Waals surface area (Å²) < 4.78 is 5.59. The van der Waals surface area contributed by atoms with Crippen LogP contribution in [0.15, 0.2) is 72.5 Å². The van der Waals surface area contributed by atoms with Gasteiger partial charge in [-0.05, 0) is 126 Å². The molecule has 0 aromatic heterocycles. The molecule has 0 radical (unpaired) electrons. The average molecular weight is 555 g/mol. The van der Waals surface area contributed by atoms with Crippen molar-refractivity contribution < 1.29 is 9.53 Å². The smallest absolute Gasteiger partial charge is 0.410 e. The molecule has 39 heavy (non-hydrogen) atoms. The first-order valence-electron chi connectivity index (χ1n) is 14.2. The number of halogens is 1. The van der Waals surface area contributed by atoms with Crippen LogP contribution in [0.3, 0.4) is 0 Å². The summed E-state index contributed by atoms with van der Waals surface area (Å²) in [6, 6.07) is 6.30. The number of hydrogen-bond donors (Lipinski definition) is 1. The first-order chi connectivity index (χ1) is 18.5. The molecule has 1 aliphatic heterocycles. The summed E-state index contributed by atoms with van der Waals surface area (Å²) in [6.07, 6.45) is 18.6. The van der Waals surface area contributed by atoms with Gasteiger partial charge in [0, 0.05) is 18.1 Å². The molecule has 0 saturated carbocycles. The number of piperidine rings is 1.